The molecule has 1 aliphatic heterocycles. The maximum absolute atomic E-state index is 13.2. The standard InChI is InChI=1S/C26H40N4O6/c1-15(2)12-20(28-23(32)19-6-5-11-27-19)24(33)29-21(13-16(3)4)25(34)30-22(26(35)36)14-17-7-9-18(31)10-8-17/h7-10,15-16,19-22,27,31H,5-6,11-14H2,1-4H3,(H,28,32)(H,29,33)(H,30,34)(H,35,36). The lowest BCUT2D eigenvalue weighted by molar-refractivity contribution is -0.142. The molecule has 3 amide bonds. The molecule has 0 aliphatic carbocycles. The Morgan fingerprint density at radius 3 is 1.89 bits per heavy atom. The van der Waals surface area contributed by atoms with E-state index in [2.05, 4.69) is 21.3 Å². The number of carboxylic acid groups (broad SMARTS) is 1. The van der Waals surface area contributed by atoms with Gasteiger partial charge in [-0.3, -0.25) is 14.4 Å². The zero-order valence-corrected chi connectivity index (χ0v) is 21.5. The smallest absolute Gasteiger partial charge is 0.326 e. The number of carboxylic acids is 1. The van der Waals surface area contributed by atoms with Gasteiger partial charge < -0.3 is 31.5 Å². The molecule has 200 valence electrons. The summed E-state index contributed by atoms with van der Waals surface area (Å²) in [7, 11) is 0. The van der Waals surface area contributed by atoms with Crippen molar-refractivity contribution >= 4 is 23.7 Å². The molecule has 0 saturated carbocycles. The molecule has 10 nitrogen and oxygen atoms in total. The number of amides is 3. The van der Waals surface area contributed by atoms with E-state index in [-0.39, 0.29) is 36.0 Å². The first kappa shape index (κ1) is 29.1. The fraction of sp³-hybridized carbons (Fsp3) is 0.615. The Kier molecular flexibility index (Phi) is 11.2. The molecule has 6 N–H and O–H groups in total. The highest BCUT2D eigenvalue weighted by atomic mass is 16.4. The van der Waals surface area contributed by atoms with E-state index in [0.29, 0.717) is 24.8 Å². The average molecular weight is 505 g/mol. The van der Waals surface area contributed by atoms with Crippen LogP contribution in [0.4, 0.5) is 0 Å². The Morgan fingerprint density at radius 2 is 1.42 bits per heavy atom. The number of aliphatic carboxylic acids is 1. The van der Waals surface area contributed by atoms with Gasteiger partial charge in [-0.2, -0.15) is 0 Å². The van der Waals surface area contributed by atoms with Crippen molar-refractivity contribution < 1.29 is 29.4 Å². The van der Waals surface area contributed by atoms with Crippen molar-refractivity contribution in [1.29, 1.82) is 0 Å². The lowest BCUT2D eigenvalue weighted by Gasteiger charge is -2.27. The summed E-state index contributed by atoms with van der Waals surface area (Å²) in [5.41, 5.74) is 0.630. The molecule has 36 heavy (non-hydrogen) atoms. The Bertz CT molecular complexity index is 896. The van der Waals surface area contributed by atoms with Crippen molar-refractivity contribution in [1.82, 2.24) is 21.3 Å². The summed E-state index contributed by atoms with van der Waals surface area (Å²) in [4.78, 5) is 50.8. The Hall–Kier alpha value is -3.14. The van der Waals surface area contributed by atoms with E-state index < -0.39 is 35.9 Å². The van der Waals surface area contributed by atoms with Crippen molar-refractivity contribution in [3.63, 3.8) is 0 Å². The molecule has 0 aromatic heterocycles. The van der Waals surface area contributed by atoms with E-state index in [0.717, 1.165) is 13.0 Å². The van der Waals surface area contributed by atoms with Gasteiger partial charge in [0.1, 0.15) is 23.9 Å². The lowest BCUT2D eigenvalue weighted by Crippen LogP contribution is -2.57. The van der Waals surface area contributed by atoms with Crippen LogP contribution in [0.2, 0.25) is 0 Å². The first-order chi connectivity index (χ1) is 17.0. The van der Waals surface area contributed by atoms with Crippen molar-refractivity contribution in [2.75, 3.05) is 6.54 Å². The number of carbonyl (C=O) groups excluding carboxylic acids is 3. The molecule has 0 radical (unpaired) electrons. The van der Waals surface area contributed by atoms with E-state index in [1.165, 1.54) is 12.1 Å². The first-order valence-electron chi connectivity index (χ1n) is 12.6. The van der Waals surface area contributed by atoms with Gasteiger partial charge in [0.25, 0.3) is 0 Å². The van der Waals surface area contributed by atoms with Crippen LogP contribution in [0.5, 0.6) is 5.75 Å². The van der Waals surface area contributed by atoms with E-state index in [4.69, 9.17) is 0 Å². The predicted molar refractivity (Wildman–Crippen MR) is 135 cm³/mol. The first-order valence-corrected chi connectivity index (χ1v) is 12.6. The van der Waals surface area contributed by atoms with Crippen molar-refractivity contribution in [2.45, 2.75) is 84.0 Å². The summed E-state index contributed by atoms with van der Waals surface area (Å²) in [5.74, 6) is -2.30. The van der Waals surface area contributed by atoms with Gasteiger partial charge >= 0.3 is 5.97 Å². The molecule has 1 fully saturated rings. The van der Waals surface area contributed by atoms with Gasteiger partial charge in [-0.25, -0.2) is 4.79 Å². The molecular weight excluding hydrogens is 464 g/mol. The highest BCUT2D eigenvalue weighted by Gasteiger charge is 2.32. The largest absolute Gasteiger partial charge is 0.508 e. The van der Waals surface area contributed by atoms with Crippen LogP contribution < -0.4 is 21.3 Å². The Morgan fingerprint density at radius 1 is 0.889 bits per heavy atom. The van der Waals surface area contributed by atoms with Crippen LogP contribution in [0.1, 0.15) is 58.9 Å². The van der Waals surface area contributed by atoms with E-state index in [9.17, 15) is 29.4 Å². The molecule has 1 heterocycles. The number of aromatic hydroxyl groups is 1. The molecule has 4 atom stereocenters. The maximum Gasteiger partial charge on any atom is 0.326 e. The highest BCUT2D eigenvalue weighted by molar-refractivity contribution is 5.94. The number of rotatable bonds is 13. The SMILES string of the molecule is CC(C)CC(NC(=O)C(CC(C)C)NC(=O)C1CCCN1)C(=O)NC(Cc1ccc(O)cc1)C(=O)O. The quantitative estimate of drug-likeness (QED) is 0.236. The molecule has 0 spiro atoms. The summed E-state index contributed by atoms with van der Waals surface area (Å²) in [6.07, 6.45) is 2.32. The molecule has 4 unspecified atom stereocenters. The fourth-order valence-electron chi connectivity index (χ4n) is 4.20. The number of hydrogen-bond acceptors (Lipinski definition) is 6. The third kappa shape index (κ3) is 9.49. The topological polar surface area (TPSA) is 157 Å². The number of benzene rings is 1. The van der Waals surface area contributed by atoms with Crippen molar-refractivity contribution in [2.24, 2.45) is 11.8 Å². The van der Waals surface area contributed by atoms with Crippen LogP contribution in [-0.4, -0.2) is 64.6 Å². The minimum Gasteiger partial charge on any atom is -0.508 e. The van der Waals surface area contributed by atoms with Crippen LogP contribution in [0, 0.1) is 11.8 Å². The minimum atomic E-state index is -1.21. The summed E-state index contributed by atoms with van der Waals surface area (Å²) >= 11 is 0. The summed E-state index contributed by atoms with van der Waals surface area (Å²) < 4.78 is 0. The average Bonchev–Trinajstić information content (AvgIpc) is 3.33. The molecule has 0 bridgehead atoms. The number of phenols is 1. The van der Waals surface area contributed by atoms with Gasteiger partial charge in [0.05, 0.1) is 6.04 Å². The second-order valence-corrected chi connectivity index (χ2v) is 10.3. The van der Waals surface area contributed by atoms with Crippen LogP contribution in [0.25, 0.3) is 0 Å². The predicted octanol–water partition coefficient (Wildman–Crippen LogP) is 1.32. The van der Waals surface area contributed by atoms with Gasteiger partial charge in [-0.15, -0.1) is 0 Å². The zero-order valence-electron chi connectivity index (χ0n) is 21.5. The fourth-order valence-corrected chi connectivity index (χ4v) is 4.20. The van der Waals surface area contributed by atoms with E-state index >= 15 is 0 Å². The number of phenolic OH excluding ortho intramolecular Hbond substituents is 1. The molecule has 1 aromatic rings. The summed E-state index contributed by atoms with van der Waals surface area (Å²) in [6, 6.07) is 2.74. The van der Waals surface area contributed by atoms with Gasteiger partial charge in [0.2, 0.25) is 17.7 Å². The van der Waals surface area contributed by atoms with E-state index in [1.807, 2.05) is 27.7 Å². The third-order valence-electron chi connectivity index (χ3n) is 6.05. The molecule has 1 aromatic carbocycles. The van der Waals surface area contributed by atoms with Crippen LogP contribution in [0.15, 0.2) is 24.3 Å². The highest BCUT2D eigenvalue weighted by Crippen LogP contribution is 2.13. The van der Waals surface area contributed by atoms with Crippen LogP contribution in [0.3, 0.4) is 0 Å². The van der Waals surface area contributed by atoms with E-state index in [1.54, 1.807) is 12.1 Å². The molecule has 1 aliphatic rings. The third-order valence-corrected chi connectivity index (χ3v) is 6.05. The van der Waals surface area contributed by atoms with Gasteiger partial charge in [0.15, 0.2) is 0 Å². The van der Waals surface area contributed by atoms with Crippen molar-refractivity contribution in [3.05, 3.63) is 29.8 Å². The molecule has 1 saturated heterocycles. The number of hydrogen-bond donors (Lipinski definition) is 6. The molecule has 2 rings (SSSR count). The summed E-state index contributed by atoms with van der Waals surface area (Å²) in [5, 5.41) is 30.4. The van der Waals surface area contributed by atoms with Gasteiger partial charge in [-0.1, -0.05) is 39.8 Å². The van der Waals surface area contributed by atoms with Crippen molar-refractivity contribution in [3.8, 4) is 5.75 Å². The lowest BCUT2D eigenvalue weighted by atomic mass is 9.99. The van der Waals surface area contributed by atoms with Crippen LogP contribution >= 0.6 is 0 Å². The molecular formula is C26H40N4O6. The minimum absolute atomic E-state index is 0.0180. The normalized spacial score (nSPS) is 17.9. The monoisotopic (exact) mass is 504 g/mol. The number of carbonyl (C=O) groups is 4. The zero-order chi connectivity index (χ0) is 26.8. The second kappa shape index (κ2) is 13.8. The number of nitrogens with one attached hydrogen (secondary N) is 4. The van der Waals surface area contributed by atoms with Gasteiger partial charge in [0, 0.05) is 6.42 Å². The Balaban J connectivity index is 2.11. The Labute approximate surface area is 212 Å². The summed E-state index contributed by atoms with van der Waals surface area (Å²) in [6.45, 7) is 8.44. The second-order valence-electron chi connectivity index (χ2n) is 10.3. The maximum atomic E-state index is 13.2. The van der Waals surface area contributed by atoms with Crippen LogP contribution in [-0.2, 0) is 25.6 Å². The van der Waals surface area contributed by atoms with Gasteiger partial charge in [-0.05, 0) is 61.8 Å². The molecule has 10 heteroatoms.